The van der Waals surface area contributed by atoms with Gasteiger partial charge >= 0.3 is 18.9 Å². The average molecular weight is 499 g/mol. The third-order valence-corrected chi connectivity index (χ3v) is 8.31. The molecule has 0 N–H and O–H groups in total. The Labute approximate surface area is 225 Å². The zero-order chi connectivity index (χ0) is 24.7. The average Bonchev–Trinajstić information content (AvgIpc) is 2.77. The summed E-state index contributed by atoms with van der Waals surface area (Å²) in [4.78, 5) is 0. The maximum atomic E-state index is 14.9. The van der Waals surface area contributed by atoms with Crippen LogP contribution in [0.2, 0.25) is 0 Å². The van der Waals surface area contributed by atoms with Gasteiger partial charge in [-0.3, -0.25) is 0 Å². The summed E-state index contributed by atoms with van der Waals surface area (Å²) < 4.78 is 49.5. The normalized spacial score (nSPS) is 13.5. The van der Waals surface area contributed by atoms with Crippen LogP contribution in [0, 0.1) is 0 Å². The van der Waals surface area contributed by atoms with E-state index >= 15 is 0 Å². The Hall–Kier alpha value is 0.437. The summed E-state index contributed by atoms with van der Waals surface area (Å²) in [6, 6.07) is 0. The van der Waals surface area contributed by atoms with Gasteiger partial charge in [0.1, 0.15) is 10.1 Å². The summed E-state index contributed by atoms with van der Waals surface area (Å²) in [5.41, 5.74) is 0. The molecule has 0 aliphatic heterocycles. The van der Waals surface area contributed by atoms with Gasteiger partial charge in [-0.15, -0.1) is 0 Å². The summed E-state index contributed by atoms with van der Waals surface area (Å²) in [7, 11) is -4.90. The van der Waals surface area contributed by atoms with E-state index in [1.54, 1.807) is 0 Å². The molecule has 0 heterocycles. The zero-order valence-electron chi connectivity index (χ0n) is 23.2. The maximum absolute atomic E-state index is 14.9. The predicted octanol–water partition coefficient (Wildman–Crippen LogP) is 6.99. The smallest absolute Gasteiger partial charge is 0.745 e. The number of hydrogen-bond donors (Lipinski definition) is 0. The van der Waals surface area contributed by atoms with E-state index in [0.717, 1.165) is 38.5 Å². The van der Waals surface area contributed by atoms with Crippen LogP contribution in [0.3, 0.4) is 0 Å². The molecule has 0 saturated heterocycles. The van der Waals surface area contributed by atoms with E-state index in [1.807, 2.05) is 0 Å². The molecule has 200 valence electrons. The first-order valence-corrected chi connectivity index (χ1v) is 15.9. The second-order valence-corrected chi connectivity index (χ2v) is 11.9. The third-order valence-electron chi connectivity index (χ3n) is 7.01. The first-order chi connectivity index (χ1) is 15.9. The van der Waals surface area contributed by atoms with Crippen molar-refractivity contribution in [2.45, 2.75) is 179 Å². The summed E-state index contributed by atoms with van der Waals surface area (Å²) in [6.45, 7) is 4.42. The minimum Gasteiger partial charge on any atom is -0.745 e. The van der Waals surface area contributed by atoms with E-state index in [-0.39, 0.29) is 31.7 Å². The summed E-state index contributed by atoms with van der Waals surface area (Å²) in [5, 5.41) is -2.56. The van der Waals surface area contributed by atoms with Crippen molar-refractivity contribution in [2.24, 2.45) is 0 Å². The molecule has 0 rings (SSSR count). The van der Waals surface area contributed by atoms with E-state index in [9.17, 15) is 17.4 Å². The topological polar surface area (TPSA) is 57.2 Å². The van der Waals surface area contributed by atoms with Crippen LogP contribution >= 0.6 is 0 Å². The second-order valence-electron chi connectivity index (χ2n) is 10.3. The van der Waals surface area contributed by atoms with Gasteiger partial charge in [-0.25, -0.2) is 12.8 Å². The fourth-order valence-electron chi connectivity index (χ4n) is 4.66. The quantitative estimate of drug-likeness (QED) is 0.0733. The van der Waals surface area contributed by atoms with Crippen LogP contribution in [0.4, 0.5) is 4.39 Å². The van der Waals surface area contributed by atoms with Gasteiger partial charge in [0.2, 0.25) is 0 Å². The van der Waals surface area contributed by atoms with Gasteiger partial charge in [0.05, 0.1) is 0 Å². The summed E-state index contributed by atoms with van der Waals surface area (Å²) in [5.74, 6) is 0. The van der Waals surface area contributed by atoms with Crippen LogP contribution in [-0.4, -0.2) is 18.0 Å². The number of hydrogen-bond acceptors (Lipinski definition) is 3. The molecule has 0 fully saturated rings. The van der Waals surface area contributed by atoms with Gasteiger partial charge in [0.15, 0.2) is 5.00 Å². The van der Waals surface area contributed by atoms with Crippen LogP contribution < -0.4 is 18.9 Å². The monoisotopic (exact) mass is 498 g/mol. The van der Waals surface area contributed by atoms with Gasteiger partial charge in [-0.2, -0.15) is 0 Å². The van der Waals surface area contributed by atoms with Crippen molar-refractivity contribution in [1.82, 2.24) is 0 Å². The molecule has 0 aromatic rings. The Morgan fingerprint density at radius 2 is 0.706 bits per heavy atom. The Bertz CT molecular complexity index is 516. The summed E-state index contributed by atoms with van der Waals surface area (Å²) >= 11 is 0. The van der Waals surface area contributed by atoms with Crippen molar-refractivity contribution >= 4 is 10.1 Å². The van der Waals surface area contributed by atoms with Crippen molar-refractivity contribution in [3.8, 4) is 0 Å². The van der Waals surface area contributed by atoms with E-state index in [2.05, 4.69) is 13.8 Å². The molecule has 0 amide bonds. The van der Waals surface area contributed by atoms with Crippen LogP contribution in [0.25, 0.3) is 0 Å². The molecule has 0 aliphatic carbocycles. The molecule has 6 heteroatoms. The maximum Gasteiger partial charge on any atom is 1.00 e. The van der Waals surface area contributed by atoms with Crippen molar-refractivity contribution in [1.29, 1.82) is 0 Å². The first-order valence-electron chi connectivity index (χ1n) is 14.5. The van der Waals surface area contributed by atoms with E-state index in [0.29, 0.717) is 12.8 Å². The molecule has 1 atom stereocenters. The van der Waals surface area contributed by atoms with Crippen molar-refractivity contribution in [2.75, 3.05) is 0 Å². The minimum absolute atomic E-state index is 0. The number of halogens is 1. The fraction of sp³-hybridized carbons (Fsp3) is 1.00. The number of unbranched alkanes of at least 4 members (excludes halogenated alkanes) is 21. The van der Waals surface area contributed by atoms with E-state index in [1.165, 1.54) is 96.3 Å². The van der Waals surface area contributed by atoms with Crippen LogP contribution in [0.1, 0.15) is 174 Å². The van der Waals surface area contributed by atoms with Gasteiger partial charge < -0.3 is 4.55 Å². The molecular weight excluding hydrogens is 442 g/mol. The Kier molecular flexibility index (Phi) is 27.0. The minimum atomic E-state index is -4.90. The second kappa shape index (κ2) is 25.1. The molecule has 0 bridgehead atoms. The molecule has 3 nitrogen and oxygen atoms in total. The fourth-order valence-corrected chi connectivity index (χ4v) is 5.45. The SMILES string of the molecule is CCCCCCCCCCCCCCCCCCC(F)(CCCCCCCCC)S(=O)(=O)[O-].[Li+]. The molecule has 0 aromatic carbocycles. The first kappa shape index (κ1) is 36.6. The molecule has 1 unspecified atom stereocenters. The predicted molar refractivity (Wildman–Crippen MR) is 140 cm³/mol. The molecule has 0 aromatic heterocycles. The van der Waals surface area contributed by atoms with Crippen molar-refractivity contribution < 1.29 is 36.2 Å². The third kappa shape index (κ3) is 21.7. The largest absolute Gasteiger partial charge is 1.00 e. The van der Waals surface area contributed by atoms with E-state index in [4.69, 9.17) is 0 Å². The molecule has 0 spiro atoms. The Morgan fingerprint density at radius 3 is 0.912 bits per heavy atom. The molecule has 0 saturated carbocycles. The number of rotatable bonds is 26. The van der Waals surface area contributed by atoms with Gasteiger partial charge in [0, 0.05) is 0 Å². The van der Waals surface area contributed by atoms with Crippen LogP contribution in [-0.2, 0) is 10.1 Å². The van der Waals surface area contributed by atoms with Crippen LogP contribution in [0.5, 0.6) is 0 Å². The molecule has 34 heavy (non-hydrogen) atoms. The number of alkyl halides is 1. The molecule has 0 radical (unpaired) electrons. The standard InChI is InChI=1S/C28H57FO3S.Li/c1-3-5-7-9-11-12-13-14-15-16-17-18-19-21-23-25-27-28(29,33(30,31)32)26-24-22-20-10-8-6-4-2;/h3-27H2,1-2H3,(H,30,31,32);/q;+1/p-1. The Morgan fingerprint density at radius 1 is 0.500 bits per heavy atom. The van der Waals surface area contributed by atoms with Gasteiger partial charge in [-0.1, -0.05) is 149 Å². The van der Waals surface area contributed by atoms with E-state index < -0.39 is 15.1 Å². The van der Waals surface area contributed by atoms with Crippen LogP contribution in [0.15, 0.2) is 0 Å². The van der Waals surface area contributed by atoms with Crippen molar-refractivity contribution in [3.05, 3.63) is 0 Å². The van der Waals surface area contributed by atoms with Crippen molar-refractivity contribution in [3.63, 3.8) is 0 Å². The van der Waals surface area contributed by atoms with Gasteiger partial charge in [-0.05, 0) is 25.7 Å². The molecule has 0 aliphatic rings. The Balaban J connectivity index is 0. The van der Waals surface area contributed by atoms with Gasteiger partial charge in [0.25, 0.3) is 0 Å². The summed E-state index contributed by atoms with van der Waals surface area (Å²) in [6.07, 6.45) is 26.2. The molecular formula is C28H56FLiO3S. The zero-order valence-corrected chi connectivity index (χ0v) is 24.0.